The van der Waals surface area contributed by atoms with E-state index in [9.17, 15) is 4.79 Å². The third-order valence-electron chi connectivity index (χ3n) is 5.05. The Morgan fingerprint density at radius 2 is 1.78 bits per heavy atom. The van der Waals surface area contributed by atoms with E-state index in [0.717, 1.165) is 49.3 Å². The largest absolute Gasteiger partial charge is 0.307 e. The third kappa shape index (κ3) is 4.11. The summed E-state index contributed by atoms with van der Waals surface area (Å²) in [6, 6.07) is 15.9. The van der Waals surface area contributed by atoms with Crippen molar-refractivity contribution in [3.05, 3.63) is 70.3 Å². The second-order valence-corrected chi connectivity index (χ2v) is 6.92. The molecule has 0 saturated carbocycles. The SMILES string of the molecule is CCCCNC(CC)c1nc2ccccc2c(=O)n1-c1ccc(CC)cc1. The summed E-state index contributed by atoms with van der Waals surface area (Å²) >= 11 is 0. The molecule has 142 valence electrons. The van der Waals surface area contributed by atoms with Crippen molar-refractivity contribution < 1.29 is 0 Å². The van der Waals surface area contributed by atoms with Crippen LogP contribution in [0.15, 0.2) is 53.3 Å². The maximum absolute atomic E-state index is 13.3. The van der Waals surface area contributed by atoms with Gasteiger partial charge in [0.25, 0.3) is 5.56 Å². The highest BCUT2D eigenvalue weighted by Crippen LogP contribution is 2.21. The van der Waals surface area contributed by atoms with Crippen molar-refractivity contribution in [2.75, 3.05) is 6.54 Å². The highest BCUT2D eigenvalue weighted by molar-refractivity contribution is 5.77. The van der Waals surface area contributed by atoms with Crippen LogP contribution in [-0.2, 0) is 6.42 Å². The van der Waals surface area contributed by atoms with Crippen LogP contribution in [0.3, 0.4) is 0 Å². The summed E-state index contributed by atoms with van der Waals surface area (Å²) in [6.45, 7) is 7.37. The minimum Gasteiger partial charge on any atom is -0.307 e. The fraction of sp³-hybridized carbons (Fsp3) is 0.391. The molecule has 1 aromatic heterocycles. The molecule has 0 aliphatic heterocycles. The minimum atomic E-state index is -0.00408. The Morgan fingerprint density at radius 3 is 2.44 bits per heavy atom. The van der Waals surface area contributed by atoms with Crippen molar-refractivity contribution in [3.63, 3.8) is 0 Å². The maximum Gasteiger partial charge on any atom is 0.266 e. The van der Waals surface area contributed by atoms with Crippen LogP contribution in [0.4, 0.5) is 0 Å². The van der Waals surface area contributed by atoms with Gasteiger partial charge in [0, 0.05) is 0 Å². The van der Waals surface area contributed by atoms with Crippen molar-refractivity contribution in [3.8, 4) is 5.69 Å². The monoisotopic (exact) mass is 363 g/mol. The molecule has 3 aromatic rings. The zero-order valence-electron chi connectivity index (χ0n) is 16.5. The molecule has 27 heavy (non-hydrogen) atoms. The summed E-state index contributed by atoms with van der Waals surface area (Å²) in [5, 5.41) is 4.25. The lowest BCUT2D eigenvalue weighted by molar-refractivity contribution is 0.476. The van der Waals surface area contributed by atoms with E-state index in [1.807, 2.05) is 36.4 Å². The summed E-state index contributed by atoms with van der Waals surface area (Å²) in [7, 11) is 0. The van der Waals surface area contributed by atoms with E-state index in [1.54, 1.807) is 4.57 Å². The molecule has 2 aromatic carbocycles. The van der Waals surface area contributed by atoms with Gasteiger partial charge in [0.05, 0.1) is 22.6 Å². The van der Waals surface area contributed by atoms with Gasteiger partial charge in [0.2, 0.25) is 0 Å². The van der Waals surface area contributed by atoms with Crippen LogP contribution in [-0.4, -0.2) is 16.1 Å². The molecule has 0 fully saturated rings. The summed E-state index contributed by atoms with van der Waals surface area (Å²) in [4.78, 5) is 18.3. The number of nitrogens with one attached hydrogen (secondary N) is 1. The summed E-state index contributed by atoms with van der Waals surface area (Å²) < 4.78 is 1.79. The first-order valence-corrected chi connectivity index (χ1v) is 10.0. The molecule has 0 aliphatic carbocycles. The van der Waals surface area contributed by atoms with Crippen LogP contribution in [0, 0.1) is 0 Å². The normalized spacial score (nSPS) is 12.4. The zero-order chi connectivity index (χ0) is 19.2. The molecule has 1 unspecified atom stereocenters. The molecule has 4 heteroatoms. The van der Waals surface area contributed by atoms with Crippen molar-refractivity contribution in [1.29, 1.82) is 0 Å². The summed E-state index contributed by atoms with van der Waals surface area (Å²) in [5.74, 6) is 0.793. The molecule has 3 rings (SSSR count). The topological polar surface area (TPSA) is 46.9 Å². The molecule has 1 N–H and O–H groups in total. The Bertz CT molecular complexity index is 944. The summed E-state index contributed by atoms with van der Waals surface area (Å²) in [6.07, 6.45) is 4.11. The van der Waals surface area contributed by atoms with Gasteiger partial charge in [-0.1, -0.05) is 51.5 Å². The molecule has 0 bridgehead atoms. The number of hydrogen-bond acceptors (Lipinski definition) is 3. The highest BCUT2D eigenvalue weighted by atomic mass is 16.1. The average Bonchev–Trinajstić information content (AvgIpc) is 2.71. The maximum atomic E-state index is 13.3. The number of aryl methyl sites for hydroxylation is 1. The van der Waals surface area contributed by atoms with Gasteiger partial charge < -0.3 is 5.32 Å². The molecular weight excluding hydrogens is 334 g/mol. The second-order valence-electron chi connectivity index (χ2n) is 6.92. The van der Waals surface area contributed by atoms with E-state index in [0.29, 0.717) is 5.39 Å². The summed E-state index contributed by atoms with van der Waals surface area (Å²) in [5.41, 5.74) is 2.89. The number of hydrogen-bond donors (Lipinski definition) is 1. The van der Waals surface area contributed by atoms with Gasteiger partial charge in [-0.3, -0.25) is 9.36 Å². The average molecular weight is 364 g/mol. The Kier molecular flexibility index (Phi) is 6.40. The standard InChI is InChI=1S/C23H29N3O/c1-4-7-16-24-20(6-3)22-25-21-11-9-8-10-19(21)23(27)26(22)18-14-12-17(5-2)13-15-18/h8-15,20,24H,4-7,16H2,1-3H3. The van der Waals surface area contributed by atoms with Gasteiger partial charge in [-0.2, -0.15) is 0 Å². The van der Waals surface area contributed by atoms with Crippen LogP contribution in [0.1, 0.15) is 57.5 Å². The number of benzene rings is 2. The van der Waals surface area contributed by atoms with E-state index < -0.39 is 0 Å². The zero-order valence-corrected chi connectivity index (χ0v) is 16.5. The van der Waals surface area contributed by atoms with Gasteiger partial charge in [-0.25, -0.2) is 4.98 Å². The Morgan fingerprint density at radius 1 is 1.04 bits per heavy atom. The lowest BCUT2D eigenvalue weighted by Gasteiger charge is -2.22. The Labute approximate surface area is 161 Å². The van der Waals surface area contributed by atoms with Gasteiger partial charge in [0.15, 0.2) is 0 Å². The van der Waals surface area contributed by atoms with E-state index in [2.05, 4.69) is 38.2 Å². The molecule has 0 aliphatic rings. The van der Waals surface area contributed by atoms with Crippen LogP contribution in [0.2, 0.25) is 0 Å². The van der Waals surface area contributed by atoms with Crippen molar-refractivity contribution in [1.82, 2.24) is 14.9 Å². The van der Waals surface area contributed by atoms with Crippen LogP contribution < -0.4 is 10.9 Å². The van der Waals surface area contributed by atoms with Crippen molar-refractivity contribution in [2.45, 2.75) is 52.5 Å². The minimum absolute atomic E-state index is 0.00408. The molecule has 4 nitrogen and oxygen atoms in total. The first kappa shape index (κ1) is 19.3. The van der Waals surface area contributed by atoms with Gasteiger partial charge in [0.1, 0.15) is 5.82 Å². The molecule has 1 heterocycles. The highest BCUT2D eigenvalue weighted by Gasteiger charge is 2.19. The molecule has 0 saturated heterocycles. The molecule has 0 radical (unpaired) electrons. The molecule has 0 spiro atoms. The number of rotatable bonds is 8. The number of fused-ring (bicyclic) bond motifs is 1. The smallest absolute Gasteiger partial charge is 0.266 e. The molecule has 1 atom stereocenters. The fourth-order valence-electron chi connectivity index (χ4n) is 3.39. The quantitative estimate of drug-likeness (QED) is 0.585. The lowest BCUT2D eigenvalue weighted by atomic mass is 10.1. The number of nitrogens with zero attached hydrogens (tertiary/aromatic N) is 2. The molecular formula is C23H29N3O. The van der Waals surface area contributed by atoms with Crippen LogP contribution in [0.25, 0.3) is 16.6 Å². The van der Waals surface area contributed by atoms with E-state index in [1.165, 1.54) is 5.56 Å². The Balaban J connectivity index is 2.18. The predicted molar refractivity (Wildman–Crippen MR) is 113 cm³/mol. The van der Waals surface area contributed by atoms with E-state index in [-0.39, 0.29) is 11.6 Å². The third-order valence-corrected chi connectivity index (χ3v) is 5.05. The van der Waals surface area contributed by atoms with Crippen molar-refractivity contribution >= 4 is 10.9 Å². The van der Waals surface area contributed by atoms with Gasteiger partial charge in [-0.15, -0.1) is 0 Å². The van der Waals surface area contributed by atoms with Crippen molar-refractivity contribution in [2.24, 2.45) is 0 Å². The van der Waals surface area contributed by atoms with Crippen LogP contribution in [0.5, 0.6) is 0 Å². The van der Waals surface area contributed by atoms with Gasteiger partial charge >= 0.3 is 0 Å². The second kappa shape index (κ2) is 8.96. The van der Waals surface area contributed by atoms with Gasteiger partial charge in [-0.05, 0) is 55.6 Å². The number of aromatic nitrogens is 2. The van der Waals surface area contributed by atoms with E-state index in [4.69, 9.17) is 4.98 Å². The number of para-hydroxylation sites is 1. The first-order valence-electron chi connectivity index (χ1n) is 10.0. The number of unbranched alkanes of at least 4 members (excludes halogenated alkanes) is 1. The lowest BCUT2D eigenvalue weighted by Crippen LogP contribution is -2.31. The molecule has 0 amide bonds. The Hall–Kier alpha value is -2.46. The van der Waals surface area contributed by atoms with Crippen LogP contribution >= 0.6 is 0 Å². The fourth-order valence-corrected chi connectivity index (χ4v) is 3.39. The van der Waals surface area contributed by atoms with E-state index >= 15 is 0 Å². The predicted octanol–water partition coefficient (Wildman–Crippen LogP) is 4.79. The first-order chi connectivity index (χ1) is 13.2.